The topological polar surface area (TPSA) is 41.0 Å². The molecule has 2 atom stereocenters. The minimum absolute atomic E-state index is 0.312. The van der Waals surface area contributed by atoms with Gasteiger partial charge in [-0.1, -0.05) is 13.3 Å². The van der Waals surface area contributed by atoms with Gasteiger partial charge in [0.25, 0.3) is 0 Å². The fourth-order valence-corrected chi connectivity index (χ4v) is 4.15. The van der Waals surface area contributed by atoms with Gasteiger partial charge in [-0.05, 0) is 50.8 Å². The first-order valence-electron chi connectivity index (χ1n) is 7.59. The van der Waals surface area contributed by atoms with Crippen molar-refractivity contribution in [2.45, 2.75) is 58.5 Å². The Morgan fingerprint density at radius 3 is 2.71 bits per heavy atom. The molecule has 0 bridgehead atoms. The molecule has 0 saturated carbocycles. The maximum Gasteiger partial charge on any atom is 0.225 e. The third-order valence-electron chi connectivity index (χ3n) is 4.19. The predicted octanol–water partition coefficient (Wildman–Crippen LogP) is 4.50. The zero-order valence-corrected chi connectivity index (χ0v) is 14.3. The zero-order valence-electron chi connectivity index (χ0n) is 12.7. The Balaban J connectivity index is 1.97. The number of thiophene rings is 1. The number of fused-ring (bicyclic) bond motifs is 1. The molecule has 1 fully saturated rings. The van der Waals surface area contributed by atoms with Gasteiger partial charge in [-0.15, -0.1) is 11.3 Å². The predicted molar refractivity (Wildman–Crippen MR) is 90.0 cm³/mol. The van der Waals surface area contributed by atoms with E-state index in [1.165, 1.54) is 24.1 Å². The van der Waals surface area contributed by atoms with Crippen LogP contribution in [0.4, 0.5) is 5.82 Å². The molecule has 1 saturated heterocycles. The smallest absolute Gasteiger partial charge is 0.225 e. The van der Waals surface area contributed by atoms with Gasteiger partial charge in [-0.25, -0.2) is 9.99 Å². The van der Waals surface area contributed by atoms with E-state index in [0.717, 1.165) is 22.5 Å². The number of hydrogen-bond donors (Lipinski definition) is 1. The summed E-state index contributed by atoms with van der Waals surface area (Å²) in [5, 5.41) is 3.70. The number of aromatic nitrogens is 2. The Morgan fingerprint density at radius 1 is 1.33 bits per heavy atom. The number of nitrogens with zero attached hydrogens (tertiary/aromatic N) is 3. The van der Waals surface area contributed by atoms with Gasteiger partial charge < -0.3 is 5.43 Å². The second-order valence-corrected chi connectivity index (χ2v) is 7.23. The largest absolute Gasteiger partial charge is 0.302 e. The van der Waals surface area contributed by atoms with Gasteiger partial charge in [0.1, 0.15) is 4.83 Å². The SMILES string of the molecule is CCc1cc2c(NN3C(C)CCCC3C)nc(Cl)nc2s1. The van der Waals surface area contributed by atoms with Crippen LogP contribution in [0, 0.1) is 0 Å². The van der Waals surface area contributed by atoms with Gasteiger partial charge in [-0.3, -0.25) is 0 Å². The van der Waals surface area contributed by atoms with Gasteiger partial charge in [-0.2, -0.15) is 4.98 Å². The average Bonchev–Trinajstić information content (AvgIpc) is 2.86. The molecule has 4 nitrogen and oxygen atoms in total. The highest BCUT2D eigenvalue weighted by atomic mass is 35.5. The number of anilines is 1. The van der Waals surface area contributed by atoms with E-state index in [9.17, 15) is 0 Å². The number of hydrogen-bond acceptors (Lipinski definition) is 5. The van der Waals surface area contributed by atoms with Crippen LogP contribution in [-0.4, -0.2) is 27.1 Å². The molecule has 0 aliphatic carbocycles. The van der Waals surface area contributed by atoms with Crippen molar-refractivity contribution in [3.8, 4) is 0 Å². The Bertz CT molecular complexity index is 632. The molecule has 6 heteroatoms. The van der Waals surface area contributed by atoms with Crippen molar-refractivity contribution in [3.05, 3.63) is 16.2 Å². The molecular weight excluding hydrogens is 304 g/mol. The van der Waals surface area contributed by atoms with Crippen molar-refractivity contribution < 1.29 is 0 Å². The van der Waals surface area contributed by atoms with E-state index in [4.69, 9.17) is 11.6 Å². The average molecular weight is 325 g/mol. The van der Waals surface area contributed by atoms with Crippen molar-refractivity contribution in [2.24, 2.45) is 0 Å². The van der Waals surface area contributed by atoms with Gasteiger partial charge >= 0.3 is 0 Å². The third kappa shape index (κ3) is 3.00. The lowest BCUT2D eigenvalue weighted by Gasteiger charge is -2.39. The van der Waals surface area contributed by atoms with E-state index in [1.807, 2.05) is 0 Å². The van der Waals surface area contributed by atoms with E-state index in [0.29, 0.717) is 17.4 Å². The molecule has 114 valence electrons. The van der Waals surface area contributed by atoms with E-state index in [-0.39, 0.29) is 0 Å². The molecule has 0 amide bonds. The summed E-state index contributed by atoms with van der Waals surface area (Å²) in [5.41, 5.74) is 3.51. The fraction of sp³-hybridized carbons (Fsp3) is 0.600. The molecule has 0 spiro atoms. The standard InChI is InChI=1S/C15H21ClN4S/c1-4-11-8-12-13(17-15(16)18-14(12)21-11)19-20-9(2)6-5-7-10(20)3/h8-10H,4-7H2,1-3H3,(H,17,18,19). The Hall–Kier alpha value is -0.910. The van der Waals surface area contributed by atoms with Crippen molar-refractivity contribution in [1.82, 2.24) is 15.0 Å². The number of piperidine rings is 1. The minimum atomic E-state index is 0.312. The van der Waals surface area contributed by atoms with E-state index >= 15 is 0 Å². The summed E-state index contributed by atoms with van der Waals surface area (Å²) >= 11 is 7.79. The zero-order chi connectivity index (χ0) is 15.0. The summed E-state index contributed by atoms with van der Waals surface area (Å²) < 4.78 is 0. The summed E-state index contributed by atoms with van der Waals surface area (Å²) in [7, 11) is 0. The molecule has 2 aromatic rings. The van der Waals surface area contributed by atoms with Crippen molar-refractivity contribution in [3.63, 3.8) is 0 Å². The molecule has 21 heavy (non-hydrogen) atoms. The highest BCUT2D eigenvalue weighted by Crippen LogP contribution is 2.32. The molecule has 0 aromatic carbocycles. The normalized spacial score (nSPS) is 23.6. The fourth-order valence-electron chi connectivity index (χ4n) is 2.97. The molecule has 3 rings (SSSR count). The lowest BCUT2D eigenvalue weighted by molar-refractivity contribution is 0.135. The van der Waals surface area contributed by atoms with Gasteiger partial charge in [0.05, 0.1) is 5.39 Å². The van der Waals surface area contributed by atoms with E-state index < -0.39 is 0 Å². The number of rotatable bonds is 3. The van der Waals surface area contributed by atoms with Crippen LogP contribution in [-0.2, 0) is 6.42 Å². The minimum Gasteiger partial charge on any atom is -0.302 e. The van der Waals surface area contributed by atoms with Crippen LogP contribution in [0.3, 0.4) is 0 Å². The van der Waals surface area contributed by atoms with Crippen molar-refractivity contribution >= 4 is 39.0 Å². The van der Waals surface area contributed by atoms with Gasteiger partial charge in [0, 0.05) is 17.0 Å². The summed E-state index contributed by atoms with van der Waals surface area (Å²) in [4.78, 5) is 11.0. The summed E-state index contributed by atoms with van der Waals surface area (Å²) in [6.07, 6.45) is 4.72. The van der Waals surface area contributed by atoms with Crippen LogP contribution in [0.25, 0.3) is 10.2 Å². The van der Waals surface area contributed by atoms with Crippen LogP contribution in [0.2, 0.25) is 5.28 Å². The monoisotopic (exact) mass is 324 g/mol. The van der Waals surface area contributed by atoms with Crippen molar-refractivity contribution in [2.75, 3.05) is 5.43 Å². The maximum absolute atomic E-state index is 6.09. The summed E-state index contributed by atoms with van der Waals surface area (Å²) in [6.45, 7) is 6.67. The van der Waals surface area contributed by atoms with Gasteiger partial charge in [0.15, 0.2) is 5.82 Å². The van der Waals surface area contributed by atoms with Crippen LogP contribution in [0.5, 0.6) is 0 Å². The quantitative estimate of drug-likeness (QED) is 0.844. The Kier molecular flexibility index (Phi) is 4.33. The molecule has 2 aromatic heterocycles. The molecular formula is C15H21ClN4S. The van der Waals surface area contributed by atoms with E-state index in [1.54, 1.807) is 11.3 Å². The Morgan fingerprint density at radius 2 is 2.05 bits per heavy atom. The molecule has 1 N–H and O–H groups in total. The second kappa shape index (κ2) is 6.07. The molecule has 1 aliphatic heterocycles. The maximum atomic E-state index is 6.09. The van der Waals surface area contributed by atoms with Crippen molar-refractivity contribution in [1.29, 1.82) is 0 Å². The highest BCUT2D eigenvalue weighted by Gasteiger charge is 2.26. The first kappa shape index (κ1) is 15.0. The molecule has 1 aliphatic rings. The molecule has 0 radical (unpaired) electrons. The highest BCUT2D eigenvalue weighted by molar-refractivity contribution is 7.18. The van der Waals surface area contributed by atoms with Crippen LogP contribution >= 0.6 is 22.9 Å². The number of nitrogens with one attached hydrogen (secondary N) is 1. The lowest BCUT2D eigenvalue weighted by atomic mass is 10.00. The van der Waals surface area contributed by atoms with Gasteiger partial charge in [0.2, 0.25) is 5.28 Å². The van der Waals surface area contributed by atoms with Crippen LogP contribution < -0.4 is 5.43 Å². The van der Waals surface area contributed by atoms with Crippen LogP contribution in [0.15, 0.2) is 6.07 Å². The molecule has 3 heterocycles. The summed E-state index contributed by atoms with van der Waals surface area (Å²) in [6, 6.07) is 3.18. The third-order valence-corrected chi connectivity index (χ3v) is 5.54. The second-order valence-electron chi connectivity index (χ2n) is 5.77. The van der Waals surface area contributed by atoms with E-state index in [2.05, 4.69) is 47.2 Å². The Labute approximate surface area is 134 Å². The number of halogens is 1. The number of hydrazine groups is 1. The first-order valence-corrected chi connectivity index (χ1v) is 8.79. The lowest BCUT2D eigenvalue weighted by Crippen LogP contribution is -2.47. The first-order chi connectivity index (χ1) is 10.1. The number of aryl methyl sites for hydroxylation is 1. The van der Waals surface area contributed by atoms with Crippen LogP contribution in [0.1, 0.15) is 44.9 Å². The summed E-state index contributed by atoms with van der Waals surface area (Å²) in [5.74, 6) is 0.835. The molecule has 2 unspecified atom stereocenters.